The van der Waals surface area contributed by atoms with Crippen LogP contribution in [0.1, 0.15) is 13.8 Å². The summed E-state index contributed by atoms with van der Waals surface area (Å²) in [6.07, 6.45) is 0. The van der Waals surface area contributed by atoms with Gasteiger partial charge in [-0.2, -0.15) is 0 Å². The molecule has 0 aliphatic carbocycles. The molecule has 1 aromatic heterocycles. The molecule has 2 aromatic rings. The maximum absolute atomic E-state index is 11.9. The van der Waals surface area contributed by atoms with Gasteiger partial charge in [-0.05, 0) is 12.0 Å². The fourth-order valence-corrected chi connectivity index (χ4v) is 1.96. The summed E-state index contributed by atoms with van der Waals surface area (Å²) < 4.78 is 5.85. The summed E-state index contributed by atoms with van der Waals surface area (Å²) in [6, 6.07) is 2.92. The van der Waals surface area contributed by atoms with E-state index in [-0.39, 0.29) is 22.7 Å². The van der Waals surface area contributed by atoms with Crippen molar-refractivity contribution in [3.63, 3.8) is 0 Å². The summed E-state index contributed by atoms with van der Waals surface area (Å²) in [4.78, 5) is 45.4. The van der Waals surface area contributed by atoms with Gasteiger partial charge in [-0.15, -0.1) is 0 Å². The predicted octanol–water partition coefficient (Wildman–Crippen LogP) is 0.984. The van der Waals surface area contributed by atoms with E-state index in [4.69, 9.17) is 4.42 Å². The molecule has 128 valence electrons. The van der Waals surface area contributed by atoms with Gasteiger partial charge in [0, 0.05) is 18.7 Å². The quantitative estimate of drug-likeness (QED) is 0.617. The number of imide groups is 1. The van der Waals surface area contributed by atoms with Gasteiger partial charge in [0.25, 0.3) is 5.69 Å². The van der Waals surface area contributed by atoms with Crippen LogP contribution >= 0.6 is 0 Å². The second-order valence-corrected chi connectivity index (χ2v) is 5.52. The molecule has 24 heavy (non-hydrogen) atoms. The molecule has 0 atom stereocenters. The molecule has 0 radical (unpaired) electrons. The fourth-order valence-electron chi connectivity index (χ4n) is 1.96. The zero-order chi connectivity index (χ0) is 17.9. The van der Waals surface area contributed by atoms with Gasteiger partial charge in [0.05, 0.1) is 10.4 Å². The van der Waals surface area contributed by atoms with E-state index < -0.39 is 29.2 Å². The van der Waals surface area contributed by atoms with Gasteiger partial charge in [-0.3, -0.25) is 24.8 Å². The number of aromatic nitrogens is 1. The van der Waals surface area contributed by atoms with Crippen LogP contribution in [-0.4, -0.2) is 28.0 Å². The van der Waals surface area contributed by atoms with Crippen LogP contribution in [0, 0.1) is 16.0 Å². The largest absolute Gasteiger partial charge is 0.420 e. The van der Waals surface area contributed by atoms with E-state index in [9.17, 15) is 24.5 Å². The fraction of sp³-hybridized carbons (Fsp3) is 0.357. The maximum atomic E-state index is 11.9. The summed E-state index contributed by atoms with van der Waals surface area (Å²) in [5.41, 5.74) is -0.0262. The molecule has 10 nitrogen and oxygen atoms in total. The number of benzene rings is 1. The summed E-state index contributed by atoms with van der Waals surface area (Å²) >= 11 is 0. The number of hydrogen-bond donors (Lipinski definition) is 2. The highest BCUT2D eigenvalue weighted by molar-refractivity contribution is 5.94. The van der Waals surface area contributed by atoms with E-state index in [0.717, 1.165) is 10.6 Å². The molecule has 2 N–H and O–H groups in total. The van der Waals surface area contributed by atoms with Gasteiger partial charge in [0.15, 0.2) is 5.58 Å². The first-order chi connectivity index (χ1) is 11.3. The van der Waals surface area contributed by atoms with Crippen molar-refractivity contribution in [2.45, 2.75) is 20.4 Å². The Morgan fingerprint density at radius 1 is 1.38 bits per heavy atom. The van der Waals surface area contributed by atoms with Crippen molar-refractivity contribution >= 4 is 28.7 Å². The number of carbonyl (C=O) groups excluding carboxylic acids is 2. The molecular weight excluding hydrogens is 320 g/mol. The number of nitrogens with one attached hydrogen (secondary N) is 2. The summed E-state index contributed by atoms with van der Waals surface area (Å²) in [6.45, 7) is 3.68. The lowest BCUT2D eigenvalue weighted by Crippen LogP contribution is -2.42. The predicted molar refractivity (Wildman–Crippen MR) is 83.5 cm³/mol. The highest BCUT2D eigenvalue weighted by Crippen LogP contribution is 2.19. The molecule has 0 aliphatic heterocycles. The Morgan fingerprint density at radius 3 is 2.71 bits per heavy atom. The first-order valence-electron chi connectivity index (χ1n) is 7.13. The van der Waals surface area contributed by atoms with Crippen LogP contribution in [-0.2, 0) is 11.3 Å². The van der Waals surface area contributed by atoms with Crippen molar-refractivity contribution in [1.82, 2.24) is 15.2 Å². The van der Waals surface area contributed by atoms with Crippen LogP contribution < -0.4 is 16.4 Å². The van der Waals surface area contributed by atoms with Crippen molar-refractivity contribution in [1.29, 1.82) is 0 Å². The lowest BCUT2D eigenvalue weighted by atomic mass is 10.2. The highest BCUT2D eigenvalue weighted by atomic mass is 16.6. The van der Waals surface area contributed by atoms with Crippen LogP contribution in [0.4, 0.5) is 10.5 Å². The molecule has 0 spiro atoms. The zero-order valence-corrected chi connectivity index (χ0v) is 13.1. The van der Waals surface area contributed by atoms with E-state index >= 15 is 0 Å². The monoisotopic (exact) mass is 336 g/mol. The Labute approximate surface area is 135 Å². The molecule has 0 fully saturated rings. The number of nitro benzene ring substituents is 1. The lowest BCUT2D eigenvalue weighted by molar-refractivity contribution is -0.384. The molecular formula is C14H16N4O6. The normalized spacial score (nSPS) is 10.8. The number of rotatable bonds is 5. The van der Waals surface area contributed by atoms with E-state index in [1.54, 1.807) is 0 Å². The number of nitrogens with zero attached hydrogens (tertiary/aromatic N) is 2. The van der Waals surface area contributed by atoms with Gasteiger partial charge in [-0.25, -0.2) is 9.59 Å². The Bertz CT molecular complexity index is 851. The molecule has 0 unspecified atom stereocenters. The van der Waals surface area contributed by atoms with E-state index in [1.165, 1.54) is 12.1 Å². The summed E-state index contributed by atoms with van der Waals surface area (Å²) in [5.74, 6) is -1.37. The number of fused-ring (bicyclic) bond motifs is 1. The number of amides is 3. The average Bonchev–Trinajstić information content (AvgIpc) is 2.80. The first kappa shape index (κ1) is 17.2. The van der Waals surface area contributed by atoms with Crippen LogP contribution in [0.2, 0.25) is 0 Å². The molecule has 0 saturated carbocycles. The molecule has 0 bridgehead atoms. The number of carbonyl (C=O) groups is 2. The number of non-ortho nitro benzene ring substituents is 1. The Morgan fingerprint density at radius 2 is 2.08 bits per heavy atom. The van der Waals surface area contributed by atoms with Crippen molar-refractivity contribution in [3.8, 4) is 0 Å². The third-order valence-corrected chi connectivity index (χ3v) is 3.09. The second-order valence-electron chi connectivity index (χ2n) is 5.52. The minimum atomic E-state index is -0.844. The molecule has 0 aliphatic rings. The maximum Gasteiger partial charge on any atom is 0.420 e. The third kappa shape index (κ3) is 3.97. The molecule has 1 heterocycles. The topological polar surface area (TPSA) is 136 Å². The Balaban J connectivity index is 2.17. The van der Waals surface area contributed by atoms with E-state index in [1.807, 2.05) is 13.8 Å². The number of oxazole rings is 1. The van der Waals surface area contributed by atoms with Crippen LogP contribution in [0.5, 0.6) is 0 Å². The number of nitro groups is 1. The molecule has 3 amide bonds. The van der Waals surface area contributed by atoms with Crippen molar-refractivity contribution < 1.29 is 18.9 Å². The summed E-state index contributed by atoms with van der Waals surface area (Å²) in [5, 5.41) is 15.4. The number of hydrogen-bond acceptors (Lipinski definition) is 6. The van der Waals surface area contributed by atoms with E-state index in [2.05, 4.69) is 10.6 Å². The molecule has 0 saturated heterocycles. The minimum Gasteiger partial charge on any atom is -0.408 e. The average molecular weight is 336 g/mol. The SMILES string of the molecule is CC(C)CNC(=O)NC(=O)Cn1c(=O)oc2ccc([N+](=O)[O-])cc21. The lowest BCUT2D eigenvalue weighted by Gasteiger charge is -2.08. The van der Waals surface area contributed by atoms with Gasteiger partial charge in [-0.1, -0.05) is 13.8 Å². The first-order valence-corrected chi connectivity index (χ1v) is 7.13. The smallest absolute Gasteiger partial charge is 0.408 e. The molecule has 1 aromatic carbocycles. The Hall–Kier alpha value is -3.17. The van der Waals surface area contributed by atoms with Crippen LogP contribution in [0.3, 0.4) is 0 Å². The van der Waals surface area contributed by atoms with Gasteiger partial charge in [0.2, 0.25) is 5.91 Å². The second kappa shape index (κ2) is 6.94. The minimum absolute atomic E-state index is 0.104. The standard InChI is InChI=1S/C14H16N4O6/c1-8(2)6-15-13(20)16-12(19)7-17-10-5-9(18(22)23)3-4-11(10)24-14(17)21/h3-5,8H,6-7H2,1-2H3,(H2,15,16,19,20). The third-order valence-electron chi connectivity index (χ3n) is 3.09. The number of urea groups is 1. The van der Waals surface area contributed by atoms with Crippen LogP contribution in [0.15, 0.2) is 27.4 Å². The van der Waals surface area contributed by atoms with Gasteiger partial charge < -0.3 is 9.73 Å². The van der Waals surface area contributed by atoms with Crippen molar-refractivity contribution in [2.24, 2.45) is 5.92 Å². The van der Waals surface area contributed by atoms with Crippen LogP contribution in [0.25, 0.3) is 11.1 Å². The zero-order valence-electron chi connectivity index (χ0n) is 13.1. The molecule has 10 heteroatoms. The summed E-state index contributed by atoms with van der Waals surface area (Å²) in [7, 11) is 0. The van der Waals surface area contributed by atoms with Crippen molar-refractivity contribution in [3.05, 3.63) is 38.9 Å². The molecule has 2 rings (SSSR count). The van der Waals surface area contributed by atoms with Gasteiger partial charge in [0.1, 0.15) is 6.54 Å². The van der Waals surface area contributed by atoms with Gasteiger partial charge >= 0.3 is 11.8 Å². The Kier molecular flexibility index (Phi) is 4.97. The van der Waals surface area contributed by atoms with Crippen molar-refractivity contribution in [2.75, 3.05) is 6.54 Å². The highest BCUT2D eigenvalue weighted by Gasteiger charge is 2.17. The van der Waals surface area contributed by atoms with E-state index in [0.29, 0.717) is 6.54 Å².